The minimum absolute atomic E-state index is 0. The Hall–Kier alpha value is -0.910. The fourth-order valence-electron chi connectivity index (χ4n) is 1.70. The molecule has 126 valence electrons. The lowest BCUT2D eigenvalue weighted by atomic mass is 10.2. The van der Waals surface area contributed by atoms with E-state index in [1.165, 1.54) is 12.1 Å². The smallest absolute Gasteiger partial charge is 0.238 e. The number of nitrogens with zero attached hydrogens (tertiary/aromatic N) is 1. The van der Waals surface area contributed by atoms with Crippen molar-refractivity contribution in [3.05, 3.63) is 29.8 Å². The summed E-state index contributed by atoms with van der Waals surface area (Å²) < 4.78 is 27.4. The standard InChI is InChI=1S/C13H22N4O3S.HI/c1-10(9-20-3)17-13(15-2)16-8-11-4-6-12(7-5-11)21(14,18)19;/h4-7,10H,8-9H2,1-3H3,(H2,14,18,19)(H2,15,16,17);1H. The summed E-state index contributed by atoms with van der Waals surface area (Å²) >= 11 is 0. The number of nitrogens with one attached hydrogen (secondary N) is 2. The molecule has 9 heteroatoms. The van der Waals surface area contributed by atoms with Gasteiger partial charge in [0.1, 0.15) is 0 Å². The first-order chi connectivity index (χ1) is 9.86. The Morgan fingerprint density at radius 2 is 1.95 bits per heavy atom. The molecule has 0 heterocycles. The number of sulfonamides is 1. The molecule has 0 aliphatic rings. The highest BCUT2D eigenvalue weighted by Gasteiger charge is 2.07. The number of benzene rings is 1. The fraction of sp³-hybridized carbons (Fsp3) is 0.462. The molecule has 0 aliphatic heterocycles. The molecular formula is C13H23IN4O3S. The molecule has 0 spiro atoms. The summed E-state index contributed by atoms with van der Waals surface area (Å²) in [6, 6.07) is 6.51. The summed E-state index contributed by atoms with van der Waals surface area (Å²) in [6.07, 6.45) is 0. The van der Waals surface area contributed by atoms with Gasteiger partial charge in [0.2, 0.25) is 10.0 Å². The predicted octanol–water partition coefficient (Wildman–Crippen LogP) is 0.652. The van der Waals surface area contributed by atoms with Crippen LogP contribution in [0, 0.1) is 0 Å². The molecule has 1 unspecified atom stereocenters. The van der Waals surface area contributed by atoms with E-state index in [4.69, 9.17) is 9.88 Å². The quantitative estimate of drug-likeness (QED) is 0.341. The van der Waals surface area contributed by atoms with Gasteiger partial charge < -0.3 is 15.4 Å². The van der Waals surface area contributed by atoms with Crippen LogP contribution in [0.2, 0.25) is 0 Å². The zero-order chi connectivity index (χ0) is 15.9. The topological polar surface area (TPSA) is 106 Å². The first kappa shape index (κ1) is 21.1. The molecule has 0 fully saturated rings. The molecule has 0 aliphatic carbocycles. The van der Waals surface area contributed by atoms with Crippen molar-refractivity contribution in [2.75, 3.05) is 20.8 Å². The zero-order valence-corrected chi connectivity index (χ0v) is 16.0. The fourth-order valence-corrected chi connectivity index (χ4v) is 2.22. The lowest BCUT2D eigenvalue weighted by Crippen LogP contribution is -2.43. The molecule has 0 radical (unpaired) electrons. The molecule has 0 amide bonds. The number of methoxy groups -OCH3 is 1. The maximum Gasteiger partial charge on any atom is 0.238 e. The van der Waals surface area contributed by atoms with Crippen molar-refractivity contribution < 1.29 is 13.2 Å². The molecule has 4 N–H and O–H groups in total. The number of rotatable bonds is 6. The number of ether oxygens (including phenoxy) is 1. The van der Waals surface area contributed by atoms with E-state index < -0.39 is 10.0 Å². The number of hydrogen-bond donors (Lipinski definition) is 3. The Labute approximate surface area is 148 Å². The van der Waals surface area contributed by atoms with Crippen LogP contribution in [0.5, 0.6) is 0 Å². The van der Waals surface area contributed by atoms with Crippen molar-refractivity contribution in [1.82, 2.24) is 10.6 Å². The van der Waals surface area contributed by atoms with Crippen LogP contribution >= 0.6 is 24.0 Å². The lowest BCUT2D eigenvalue weighted by Gasteiger charge is -2.17. The van der Waals surface area contributed by atoms with Gasteiger partial charge in [0.15, 0.2) is 5.96 Å². The second kappa shape index (κ2) is 9.98. The third kappa shape index (κ3) is 7.38. The summed E-state index contributed by atoms with van der Waals surface area (Å²) in [7, 11) is -0.328. The second-order valence-corrected chi connectivity index (χ2v) is 6.18. The van der Waals surface area contributed by atoms with E-state index in [0.29, 0.717) is 19.1 Å². The molecule has 22 heavy (non-hydrogen) atoms. The van der Waals surface area contributed by atoms with Gasteiger partial charge in [-0.05, 0) is 24.6 Å². The van der Waals surface area contributed by atoms with Crippen molar-refractivity contribution in [2.45, 2.75) is 24.4 Å². The molecule has 7 nitrogen and oxygen atoms in total. The van der Waals surface area contributed by atoms with Crippen molar-refractivity contribution in [3.8, 4) is 0 Å². The monoisotopic (exact) mass is 442 g/mol. The number of halogens is 1. The van der Waals surface area contributed by atoms with E-state index in [-0.39, 0.29) is 34.9 Å². The van der Waals surface area contributed by atoms with E-state index in [0.717, 1.165) is 5.56 Å². The minimum atomic E-state index is -3.65. The van der Waals surface area contributed by atoms with Gasteiger partial charge in [0.05, 0.1) is 11.5 Å². The third-order valence-electron chi connectivity index (χ3n) is 2.74. The summed E-state index contributed by atoms with van der Waals surface area (Å²) in [5, 5.41) is 11.4. The van der Waals surface area contributed by atoms with Crippen molar-refractivity contribution in [2.24, 2.45) is 10.1 Å². The molecule has 1 atom stereocenters. The maximum absolute atomic E-state index is 11.2. The Morgan fingerprint density at radius 3 is 2.41 bits per heavy atom. The van der Waals surface area contributed by atoms with E-state index in [1.807, 2.05) is 6.92 Å². The number of aliphatic imine (C=N–C) groups is 1. The highest BCUT2D eigenvalue weighted by atomic mass is 127. The van der Waals surface area contributed by atoms with Gasteiger partial charge in [-0.15, -0.1) is 24.0 Å². The average Bonchev–Trinajstić information content (AvgIpc) is 2.43. The first-order valence-electron chi connectivity index (χ1n) is 6.44. The van der Waals surface area contributed by atoms with Crippen LogP contribution in [0.3, 0.4) is 0 Å². The second-order valence-electron chi connectivity index (χ2n) is 4.62. The molecule has 0 aromatic heterocycles. The first-order valence-corrected chi connectivity index (χ1v) is 7.99. The molecule has 1 aromatic rings. The van der Waals surface area contributed by atoms with Crippen LogP contribution in [0.15, 0.2) is 34.2 Å². The van der Waals surface area contributed by atoms with Gasteiger partial charge in [-0.2, -0.15) is 0 Å². The Bertz CT molecular complexity index is 575. The number of primary sulfonamides is 1. The number of hydrogen-bond acceptors (Lipinski definition) is 4. The largest absolute Gasteiger partial charge is 0.383 e. The number of guanidine groups is 1. The third-order valence-corrected chi connectivity index (χ3v) is 3.66. The minimum Gasteiger partial charge on any atom is -0.383 e. The van der Waals surface area contributed by atoms with Crippen molar-refractivity contribution in [1.29, 1.82) is 0 Å². The van der Waals surface area contributed by atoms with Crippen LogP contribution in [-0.4, -0.2) is 41.2 Å². The molecule has 0 bridgehead atoms. The van der Waals surface area contributed by atoms with Gasteiger partial charge in [-0.1, -0.05) is 12.1 Å². The Kier molecular flexibility index (Phi) is 9.56. The van der Waals surface area contributed by atoms with Crippen molar-refractivity contribution >= 4 is 40.0 Å². The van der Waals surface area contributed by atoms with Crippen LogP contribution in [0.4, 0.5) is 0 Å². The van der Waals surface area contributed by atoms with Crippen molar-refractivity contribution in [3.63, 3.8) is 0 Å². The van der Waals surface area contributed by atoms with Crippen LogP contribution < -0.4 is 15.8 Å². The van der Waals surface area contributed by atoms with E-state index >= 15 is 0 Å². The molecule has 1 aromatic carbocycles. The van der Waals surface area contributed by atoms with Gasteiger partial charge in [-0.25, -0.2) is 13.6 Å². The highest BCUT2D eigenvalue weighted by molar-refractivity contribution is 14.0. The van der Waals surface area contributed by atoms with Crippen LogP contribution in [-0.2, 0) is 21.3 Å². The molecule has 0 saturated carbocycles. The SMILES string of the molecule is CN=C(NCc1ccc(S(N)(=O)=O)cc1)NC(C)COC.I. The predicted molar refractivity (Wildman–Crippen MR) is 97.9 cm³/mol. The molecular weight excluding hydrogens is 419 g/mol. The zero-order valence-electron chi connectivity index (χ0n) is 12.9. The molecule has 1 rings (SSSR count). The van der Waals surface area contributed by atoms with Gasteiger partial charge >= 0.3 is 0 Å². The maximum atomic E-state index is 11.2. The Morgan fingerprint density at radius 1 is 1.36 bits per heavy atom. The highest BCUT2D eigenvalue weighted by Crippen LogP contribution is 2.08. The van der Waals surface area contributed by atoms with Gasteiger partial charge in [0.25, 0.3) is 0 Å². The van der Waals surface area contributed by atoms with Crippen LogP contribution in [0.1, 0.15) is 12.5 Å². The Balaban J connectivity index is 0.00000441. The normalized spacial score (nSPS) is 13.2. The summed E-state index contributed by atoms with van der Waals surface area (Å²) in [5.41, 5.74) is 0.921. The summed E-state index contributed by atoms with van der Waals surface area (Å²) in [5.74, 6) is 0.648. The van der Waals surface area contributed by atoms with E-state index in [1.54, 1.807) is 26.3 Å². The van der Waals surface area contributed by atoms with Gasteiger partial charge in [-0.3, -0.25) is 4.99 Å². The number of nitrogens with two attached hydrogens (primary N) is 1. The lowest BCUT2D eigenvalue weighted by molar-refractivity contribution is 0.179. The van der Waals surface area contributed by atoms with Gasteiger partial charge in [0, 0.05) is 26.7 Å². The molecule has 0 saturated heterocycles. The van der Waals surface area contributed by atoms with Crippen LogP contribution in [0.25, 0.3) is 0 Å². The summed E-state index contributed by atoms with van der Waals surface area (Å²) in [6.45, 7) is 3.07. The summed E-state index contributed by atoms with van der Waals surface area (Å²) in [4.78, 5) is 4.20. The van der Waals surface area contributed by atoms with E-state index in [2.05, 4.69) is 15.6 Å². The average molecular weight is 442 g/mol. The van der Waals surface area contributed by atoms with E-state index in [9.17, 15) is 8.42 Å².